The third-order valence-electron chi connectivity index (χ3n) is 2.80. The van der Waals surface area contributed by atoms with Gasteiger partial charge in [-0.15, -0.1) is 0 Å². The minimum absolute atomic E-state index is 0.0141. The summed E-state index contributed by atoms with van der Waals surface area (Å²) in [7, 11) is 0. The molecule has 0 saturated carbocycles. The molecule has 1 atom stereocenters. The van der Waals surface area contributed by atoms with E-state index in [1.807, 2.05) is 0 Å². The van der Waals surface area contributed by atoms with Crippen molar-refractivity contribution in [3.8, 4) is 6.07 Å². The van der Waals surface area contributed by atoms with Gasteiger partial charge in [0.05, 0.1) is 11.6 Å². The first-order chi connectivity index (χ1) is 8.91. The van der Waals surface area contributed by atoms with Crippen LogP contribution in [0.25, 0.3) is 0 Å². The minimum Gasteiger partial charge on any atom is -0.288 e. The van der Waals surface area contributed by atoms with E-state index in [9.17, 15) is 18.0 Å². The van der Waals surface area contributed by atoms with E-state index in [4.69, 9.17) is 5.26 Å². The third-order valence-corrected chi connectivity index (χ3v) is 2.80. The molecule has 1 N–H and O–H groups in total. The van der Waals surface area contributed by atoms with E-state index in [-0.39, 0.29) is 24.1 Å². The number of carbonyl (C=O) groups excluding carboxylic acids is 1. The Bertz CT molecular complexity index is 536. The average molecular weight is 269 g/mol. The zero-order valence-electron chi connectivity index (χ0n) is 9.74. The first-order valence-electron chi connectivity index (χ1n) is 5.54. The molecule has 0 bridgehead atoms. The molecule has 0 spiro atoms. The molecule has 1 saturated heterocycles. The fourth-order valence-electron chi connectivity index (χ4n) is 2.01. The summed E-state index contributed by atoms with van der Waals surface area (Å²) in [6, 6.07) is 5.16. The molecule has 1 fully saturated rings. The van der Waals surface area contributed by atoms with Crippen LogP contribution in [0.3, 0.4) is 0 Å². The van der Waals surface area contributed by atoms with E-state index in [1.165, 1.54) is 24.3 Å². The van der Waals surface area contributed by atoms with Crippen molar-refractivity contribution in [2.75, 3.05) is 6.54 Å². The van der Waals surface area contributed by atoms with Gasteiger partial charge in [0, 0.05) is 13.0 Å². The minimum atomic E-state index is -4.54. The number of nitrogens with zero attached hydrogens (tertiary/aromatic N) is 2. The number of hydrazine groups is 1. The lowest BCUT2D eigenvalue weighted by atomic mass is 10.0. The van der Waals surface area contributed by atoms with Gasteiger partial charge in [0.2, 0.25) is 5.91 Å². The van der Waals surface area contributed by atoms with Crippen molar-refractivity contribution in [2.45, 2.75) is 18.6 Å². The number of carbonyl (C=O) groups is 1. The summed E-state index contributed by atoms with van der Waals surface area (Å²) in [6.45, 7) is -0.0141. The van der Waals surface area contributed by atoms with Crippen molar-refractivity contribution in [3.63, 3.8) is 0 Å². The Balaban J connectivity index is 2.38. The Labute approximate surface area is 107 Å². The predicted molar refractivity (Wildman–Crippen MR) is 59.4 cm³/mol. The Morgan fingerprint density at radius 2 is 2.16 bits per heavy atom. The lowest BCUT2D eigenvalue weighted by molar-refractivity contribution is -0.191. The molecule has 1 aliphatic heterocycles. The molecule has 1 aromatic carbocycles. The van der Waals surface area contributed by atoms with Crippen molar-refractivity contribution in [3.05, 3.63) is 35.4 Å². The Morgan fingerprint density at radius 1 is 1.42 bits per heavy atom. The number of benzene rings is 1. The normalized spacial score (nSPS) is 17.9. The molecule has 1 aliphatic rings. The van der Waals surface area contributed by atoms with Crippen LogP contribution >= 0.6 is 0 Å². The van der Waals surface area contributed by atoms with Gasteiger partial charge < -0.3 is 0 Å². The first-order valence-corrected chi connectivity index (χ1v) is 5.54. The maximum absolute atomic E-state index is 13.1. The predicted octanol–water partition coefficient (Wildman–Crippen LogP) is 1.90. The molecule has 0 radical (unpaired) electrons. The lowest BCUT2D eigenvalue weighted by Gasteiger charge is -2.29. The SMILES string of the molecule is N#Cc1cccc(C(N2CCC(=O)N2)C(F)(F)F)c1. The Morgan fingerprint density at radius 3 is 2.68 bits per heavy atom. The fourth-order valence-corrected chi connectivity index (χ4v) is 2.01. The molecule has 100 valence electrons. The number of halogens is 3. The summed E-state index contributed by atoms with van der Waals surface area (Å²) in [5.41, 5.74) is 2.28. The number of amides is 1. The van der Waals surface area contributed by atoms with Gasteiger partial charge in [-0.1, -0.05) is 12.1 Å². The van der Waals surface area contributed by atoms with Gasteiger partial charge in [-0.3, -0.25) is 10.2 Å². The number of rotatable bonds is 2. The van der Waals surface area contributed by atoms with Crippen molar-refractivity contribution < 1.29 is 18.0 Å². The van der Waals surface area contributed by atoms with E-state index in [0.29, 0.717) is 0 Å². The van der Waals surface area contributed by atoms with Gasteiger partial charge in [-0.05, 0) is 17.7 Å². The van der Waals surface area contributed by atoms with E-state index < -0.39 is 18.1 Å². The van der Waals surface area contributed by atoms with Crippen LogP contribution in [0.1, 0.15) is 23.6 Å². The van der Waals surface area contributed by atoms with E-state index in [2.05, 4.69) is 5.43 Å². The van der Waals surface area contributed by atoms with Gasteiger partial charge in [-0.2, -0.15) is 18.4 Å². The van der Waals surface area contributed by atoms with E-state index >= 15 is 0 Å². The highest BCUT2D eigenvalue weighted by Gasteiger charge is 2.46. The smallest absolute Gasteiger partial charge is 0.288 e. The second-order valence-corrected chi connectivity index (χ2v) is 4.16. The number of nitriles is 1. The van der Waals surface area contributed by atoms with Gasteiger partial charge >= 0.3 is 6.18 Å². The van der Waals surface area contributed by atoms with Crippen LogP contribution in [-0.2, 0) is 4.79 Å². The third kappa shape index (κ3) is 2.85. The van der Waals surface area contributed by atoms with Crippen molar-refractivity contribution in [1.29, 1.82) is 5.26 Å². The second kappa shape index (κ2) is 4.90. The second-order valence-electron chi connectivity index (χ2n) is 4.16. The Hall–Kier alpha value is -2.07. The van der Waals surface area contributed by atoms with Crippen molar-refractivity contribution in [2.24, 2.45) is 0 Å². The molecular weight excluding hydrogens is 259 g/mol. The number of hydrogen-bond acceptors (Lipinski definition) is 3. The average Bonchev–Trinajstić information content (AvgIpc) is 2.74. The monoisotopic (exact) mass is 269 g/mol. The van der Waals surface area contributed by atoms with Crippen molar-refractivity contribution in [1.82, 2.24) is 10.4 Å². The number of hydrogen-bond donors (Lipinski definition) is 1. The zero-order valence-corrected chi connectivity index (χ0v) is 9.74. The van der Waals surface area contributed by atoms with Crippen LogP contribution in [0.2, 0.25) is 0 Å². The van der Waals surface area contributed by atoms with Gasteiger partial charge in [0.15, 0.2) is 0 Å². The molecule has 4 nitrogen and oxygen atoms in total. The van der Waals surface area contributed by atoms with E-state index in [0.717, 1.165) is 5.01 Å². The maximum Gasteiger partial charge on any atom is 0.409 e. The largest absolute Gasteiger partial charge is 0.409 e. The van der Waals surface area contributed by atoms with E-state index in [1.54, 1.807) is 6.07 Å². The van der Waals surface area contributed by atoms with Crippen molar-refractivity contribution >= 4 is 5.91 Å². The topological polar surface area (TPSA) is 56.1 Å². The lowest BCUT2D eigenvalue weighted by Crippen LogP contribution is -2.43. The molecule has 1 heterocycles. The molecule has 2 rings (SSSR count). The van der Waals surface area contributed by atoms with Crippen LogP contribution < -0.4 is 5.43 Å². The molecule has 7 heteroatoms. The maximum atomic E-state index is 13.1. The molecule has 1 unspecified atom stereocenters. The molecule has 0 aromatic heterocycles. The number of alkyl halides is 3. The van der Waals surface area contributed by atoms with Crippen LogP contribution in [0, 0.1) is 11.3 Å². The summed E-state index contributed by atoms with van der Waals surface area (Å²) in [4.78, 5) is 11.1. The standard InChI is InChI=1S/C12H10F3N3O/c13-12(14,15)11(18-5-4-10(19)17-18)9-3-1-2-8(6-9)7-16/h1-3,6,11H,4-5H2,(H,17,19). The summed E-state index contributed by atoms with van der Waals surface area (Å²) < 4.78 is 39.4. The molecule has 1 aromatic rings. The highest BCUT2D eigenvalue weighted by Crippen LogP contribution is 2.37. The highest BCUT2D eigenvalue weighted by atomic mass is 19.4. The zero-order chi connectivity index (χ0) is 14.0. The van der Waals surface area contributed by atoms with Crippen LogP contribution in [-0.4, -0.2) is 23.6 Å². The molecule has 1 amide bonds. The summed E-state index contributed by atoms with van der Waals surface area (Å²) in [5, 5.41) is 9.60. The summed E-state index contributed by atoms with van der Waals surface area (Å²) in [6.07, 6.45) is -4.50. The molecule has 19 heavy (non-hydrogen) atoms. The first kappa shape index (κ1) is 13.4. The molecule has 0 aliphatic carbocycles. The summed E-state index contributed by atoms with van der Waals surface area (Å²) in [5.74, 6) is -0.439. The van der Waals surface area contributed by atoms with Crippen LogP contribution in [0.4, 0.5) is 13.2 Å². The Kier molecular flexibility index (Phi) is 3.44. The fraction of sp³-hybridized carbons (Fsp3) is 0.333. The summed E-state index contributed by atoms with van der Waals surface area (Å²) >= 11 is 0. The number of nitrogens with one attached hydrogen (secondary N) is 1. The van der Waals surface area contributed by atoms with Crippen LogP contribution in [0.15, 0.2) is 24.3 Å². The van der Waals surface area contributed by atoms with Gasteiger partial charge in [0.1, 0.15) is 6.04 Å². The van der Waals surface area contributed by atoms with Gasteiger partial charge in [0.25, 0.3) is 0 Å². The molecular formula is C12H10F3N3O. The van der Waals surface area contributed by atoms with Crippen LogP contribution in [0.5, 0.6) is 0 Å². The highest BCUT2D eigenvalue weighted by molar-refractivity contribution is 5.77. The quantitative estimate of drug-likeness (QED) is 0.892. The van der Waals surface area contributed by atoms with Gasteiger partial charge in [-0.25, -0.2) is 5.01 Å².